The Bertz CT molecular complexity index is 623. The maximum absolute atomic E-state index is 12.9. The summed E-state index contributed by atoms with van der Waals surface area (Å²) in [5, 5.41) is 3.06. The molecule has 2 aliphatic rings. The molecule has 1 aromatic heterocycles. The van der Waals surface area contributed by atoms with Crippen molar-refractivity contribution >= 4 is 17.8 Å². The van der Waals surface area contributed by atoms with E-state index in [1.165, 1.54) is 0 Å². The van der Waals surface area contributed by atoms with Crippen LogP contribution in [0.4, 0.5) is 5.95 Å². The van der Waals surface area contributed by atoms with Crippen LogP contribution in [-0.2, 0) is 9.59 Å². The summed E-state index contributed by atoms with van der Waals surface area (Å²) in [5.74, 6) is 1.33. The first-order chi connectivity index (χ1) is 13.7. The fraction of sp³-hybridized carbons (Fsp3) is 0.714. The van der Waals surface area contributed by atoms with Crippen molar-refractivity contribution in [1.82, 2.24) is 20.2 Å². The summed E-state index contributed by atoms with van der Waals surface area (Å²) < 4.78 is 0. The van der Waals surface area contributed by atoms with Gasteiger partial charge >= 0.3 is 0 Å². The van der Waals surface area contributed by atoms with E-state index in [9.17, 15) is 9.59 Å². The average Bonchev–Trinajstić information content (AvgIpc) is 2.77. The van der Waals surface area contributed by atoms with Crippen LogP contribution in [0.2, 0.25) is 0 Å². The topological polar surface area (TPSA) is 78.4 Å². The fourth-order valence-corrected chi connectivity index (χ4v) is 4.17. The number of nitrogens with one attached hydrogen (secondary N) is 1. The largest absolute Gasteiger partial charge is 0.356 e. The summed E-state index contributed by atoms with van der Waals surface area (Å²) in [4.78, 5) is 37.9. The van der Waals surface area contributed by atoms with E-state index >= 15 is 0 Å². The Balaban J connectivity index is 1.39. The van der Waals surface area contributed by atoms with E-state index in [0.29, 0.717) is 0 Å². The highest BCUT2D eigenvalue weighted by molar-refractivity contribution is 5.81. The van der Waals surface area contributed by atoms with Crippen molar-refractivity contribution in [3.63, 3.8) is 0 Å². The molecule has 1 saturated heterocycles. The van der Waals surface area contributed by atoms with Crippen LogP contribution in [0.3, 0.4) is 0 Å². The van der Waals surface area contributed by atoms with Crippen molar-refractivity contribution in [2.24, 2.45) is 11.8 Å². The second-order valence-electron chi connectivity index (χ2n) is 7.91. The molecule has 1 N–H and O–H groups in total. The van der Waals surface area contributed by atoms with Gasteiger partial charge in [0.05, 0.1) is 0 Å². The zero-order valence-electron chi connectivity index (χ0n) is 17.0. The van der Waals surface area contributed by atoms with Gasteiger partial charge in [-0.05, 0) is 38.2 Å². The summed E-state index contributed by atoms with van der Waals surface area (Å²) in [5.41, 5.74) is 0. The summed E-state index contributed by atoms with van der Waals surface area (Å²) in [6, 6.07) is 1.81. The number of hydrogen-bond donors (Lipinski definition) is 1. The molecule has 7 heteroatoms. The van der Waals surface area contributed by atoms with Crippen LogP contribution in [0.25, 0.3) is 0 Å². The maximum Gasteiger partial charge on any atom is 0.225 e. The molecule has 28 heavy (non-hydrogen) atoms. The van der Waals surface area contributed by atoms with Crippen molar-refractivity contribution in [3.8, 4) is 0 Å². The number of hydrogen-bond acceptors (Lipinski definition) is 5. The van der Waals surface area contributed by atoms with Crippen LogP contribution in [0.5, 0.6) is 0 Å². The van der Waals surface area contributed by atoms with Gasteiger partial charge in [0.15, 0.2) is 0 Å². The molecule has 0 unspecified atom stereocenters. The van der Waals surface area contributed by atoms with Gasteiger partial charge in [-0.2, -0.15) is 0 Å². The first-order valence-electron chi connectivity index (χ1n) is 10.8. The Kier molecular flexibility index (Phi) is 7.62. The van der Waals surface area contributed by atoms with E-state index in [2.05, 4.69) is 27.1 Å². The normalized spacial score (nSPS) is 22.8. The Morgan fingerprint density at radius 2 is 1.64 bits per heavy atom. The first-order valence-corrected chi connectivity index (χ1v) is 10.8. The molecule has 1 aromatic rings. The minimum Gasteiger partial charge on any atom is -0.356 e. The van der Waals surface area contributed by atoms with Crippen LogP contribution in [-0.4, -0.2) is 59.4 Å². The molecule has 7 nitrogen and oxygen atoms in total. The number of anilines is 1. The molecule has 1 saturated carbocycles. The molecule has 2 amide bonds. The number of aromatic nitrogens is 2. The third kappa shape index (κ3) is 5.42. The van der Waals surface area contributed by atoms with E-state index in [-0.39, 0.29) is 23.7 Å². The average molecular weight is 388 g/mol. The number of piperazine rings is 1. The molecule has 1 aliphatic carbocycles. The molecule has 1 aliphatic heterocycles. The quantitative estimate of drug-likeness (QED) is 0.726. The predicted molar refractivity (Wildman–Crippen MR) is 109 cm³/mol. The van der Waals surface area contributed by atoms with Crippen LogP contribution < -0.4 is 10.2 Å². The number of unbranched alkanes of at least 4 members (excludes halogenated alkanes) is 2. The van der Waals surface area contributed by atoms with E-state index in [0.717, 1.165) is 83.6 Å². The number of carbonyl (C=O) groups excluding carboxylic acids is 2. The molecule has 0 radical (unpaired) electrons. The van der Waals surface area contributed by atoms with Gasteiger partial charge in [0.1, 0.15) is 0 Å². The van der Waals surface area contributed by atoms with Gasteiger partial charge in [0.25, 0.3) is 0 Å². The van der Waals surface area contributed by atoms with Crippen molar-refractivity contribution < 1.29 is 9.59 Å². The highest BCUT2D eigenvalue weighted by atomic mass is 16.2. The lowest BCUT2D eigenvalue weighted by Gasteiger charge is -2.37. The first kappa shape index (κ1) is 20.6. The molecule has 2 heterocycles. The Labute approximate surface area is 167 Å². The van der Waals surface area contributed by atoms with Gasteiger partial charge in [-0.1, -0.05) is 19.8 Å². The Hall–Kier alpha value is -2.18. The van der Waals surface area contributed by atoms with Crippen LogP contribution in [0, 0.1) is 11.8 Å². The van der Waals surface area contributed by atoms with Crippen molar-refractivity contribution in [3.05, 3.63) is 18.5 Å². The summed E-state index contributed by atoms with van der Waals surface area (Å²) >= 11 is 0. The number of nitrogens with zero attached hydrogens (tertiary/aromatic N) is 4. The fourth-order valence-electron chi connectivity index (χ4n) is 4.17. The zero-order valence-corrected chi connectivity index (χ0v) is 17.0. The molecule has 0 spiro atoms. The summed E-state index contributed by atoms with van der Waals surface area (Å²) in [6.07, 6.45) is 10.2. The summed E-state index contributed by atoms with van der Waals surface area (Å²) in [6.45, 7) is 5.91. The molecule has 0 bridgehead atoms. The lowest BCUT2D eigenvalue weighted by atomic mass is 9.81. The van der Waals surface area contributed by atoms with E-state index in [1.54, 1.807) is 12.4 Å². The van der Waals surface area contributed by atoms with Gasteiger partial charge in [-0.25, -0.2) is 9.97 Å². The summed E-state index contributed by atoms with van der Waals surface area (Å²) in [7, 11) is 0. The molecule has 0 atom stereocenters. The second-order valence-corrected chi connectivity index (χ2v) is 7.91. The van der Waals surface area contributed by atoms with E-state index in [1.807, 2.05) is 11.0 Å². The van der Waals surface area contributed by atoms with Gasteiger partial charge in [-0.15, -0.1) is 0 Å². The van der Waals surface area contributed by atoms with Gasteiger partial charge in [0, 0.05) is 57.0 Å². The number of carbonyl (C=O) groups is 2. The lowest BCUT2D eigenvalue weighted by Crippen LogP contribution is -2.51. The highest BCUT2D eigenvalue weighted by Crippen LogP contribution is 2.30. The van der Waals surface area contributed by atoms with Gasteiger partial charge < -0.3 is 15.1 Å². The Morgan fingerprint density at radius 1 is 1.00 bits per heavy atom. The molecule has 2 fully saturated rings. The van der Waals surface area contributed by atoms with Crippen molar-refractivity contribution in [2.75, 3.05) is 37.6 Å². The van der Waals surface area contributed by atoms with Gasteiger partial charge in [0.2, 0.25) is 17.8 Å². The third-order valence-electron chi connectivity index (χ3n) is 5.95. The standard InChI is InChI=1S/C21H33N5O2/c1-2-3-4-10-22-19(27)17-6-8-18(9-7-17)20(28)25-13-15-26(16-14-25)21-23-11-5-12-24-21/h5,11-12,17-18H,2-4,6-10,13-16H2,1H3,(H,22,27). The molecule has 3 rings (SSSR count). The van der Waals surface area contributed by atoms with Gasteiger partial charge in [-0.3, -0.25) is 9.59 Å². The molecular formula is C21H33N5O2. The SMILES string of the molecule is CCCCCNC(=O)C1CCC(C(=O)N2CCN(c3ncccn3)CC2)CC1. The van der Waals surface area contributed by atoms with Crippen molar-refractivity contribution in [1.29, 1.82) is 0 Å². The molecule has 154 valence electrons. The molecule has 0 aromatic carbocycles. The highest BCUT2D eigenvalue weighted by Gasteiger charge is 2.33. The number of amides is 2. The number of rotatable bonds is 7. The van der Waals surface area contributed by atoms with Crippen LogP contribution in [0.1, 0.15) is 51.9 Å². The lowest BCUT2D eigenvalue weighted by molar-refractivity contribution is -0.138. The predicted octanol–water partition coefficient (Wildman–Crippen LogP) is 2.24. The smallest absolute Gasteiger partial charge is 0.225 e. The Morgan fingerprint density at radius 3 is 2.29 bits per heavy atom. The second kappa shape index (κ2) is 10.4. The zero-order chi connectivity index (χ0) is 19.8. The minimum atomic E-state index is 0.0728. The van der Waals surface area contributed by atoms with E-state index < -0.39 is 0 Å². The van der Waals surface area contributed by atoms with Crippen molar-refractivity contribution in [2.45, 2.75) is 51.9 Å². The minimum absolute atomic E-state index is 0.0728. The monoisotopic (exact) mass is 387 g/mol. The molecular weight excluding hydrogens is 354 g/mol. The van der Waals surface area contributed by atoms with Crippen LogP contribution >= 0.6 is 0 Å². The van der Waals surface area contributed by atoms with E-state index in [4.69, 9.17) is 0 Å². The van der Waals surface area contributed by atoms with Crippen LogP contribution in [0.15, 0.2) is 18.5 Å². The maximum atomic E-state index is 12.9. The third-order valence-corrected chi connectivity index (χ3v) is 5.95.